The lowest BCUT2D eigenvalue weighted by Gasteiger charge is -2.42. The minimum Gasteiger partial charge on any atom is -0.493 e. The molecule has 0 saturated heterocycles. The molecular formula is C26H24FNO6S. The number of hydrogen-bond donors (Lipinski definition) is 0. The molecule has 0 saturated carbocycles. The lowest BCUT2D eigenvalue weighted by Crippen LogP contribution is -2.39. The van der Waals surface area contributed by atoms with Gasteiger partial charge in [0.1, 0.15) is 23.9 Å². The highest BCUT2D eigenvalue weighted by molar-refractivity contribution is 7.87. The van der Waals surface area contributed by atoms with Crippen molar-refractivity contribution in [3.63, 3.8) is 0 Å². The van der Waals surface area contributed by atoms with E-state index in [-0.39, 0.29) is 16.7 Å². The maximum atomic E-state index is 13.6. The van der Waals surface area contributed by atoms with E-state index in [1.807, 2.05) is 6.07 Å². The Hall–Kier alpha value is -3.30. The summed E-state index contributed by atoms with van der Waals surface area (Å²) in [6, 6.07) is 12.6. The molecule has 3 heterocycles. The van der Waals surface area contributed by atoms with Crippen molar-refractivity contribution in [1.82, 2.24) is 4.90 Å². The summed E-state index contributed by atoms with van der Waals surface area (Å²) >= 11 is 0. The molecule has 3 aromatic carbocycles. The van der Waals surface area contributed by atoms with Crippen molar-refractivity contribution < 1.29 is 31.2 Å². The number of rotatable bonds is 4. The topological polar surface area (TPSA) is 74.3 Å². The molecular weight excluding hydrogens is 473 g/mol. The fourth-order valence-corrected chi connectivity index (χ4v) is 6.11. The molecule has 7 nitrogen and oxygen atoms in total. The van der Waals surface area contributed by atoms with E-state index >= 15 is 0 Å². The number of fused-ring (bicyclic) bond motifs is 5. The van der Waals surface area contributed by atoms with E-state index < -0.39 is 15.9 Å². The summed E-state index contributed by atoms with van der Waals surface area (Å²) in [6.07, 6.45) is 1.60. The molecule has 0 N–H and O–H groups in total. The second-order valence-electron chi connectivity index (χ2n) is 8.90. The van der Waals surface area contributed by atoms with Gasteiger partial charge in [0.05, 0.1) is 7.11 Å². The molecule has 1 unspecified atom stereocenters. The molecule has 182 valence electrons. The van der Waals surface area contributed by atoms with Gasteiger partial charge in [0, 0.05) is 19.1 Å². The molecule has 0 aromatic heterocycles. The molecule has 3 aromatic rings. The Kier molecular flexibility index (Phi) is 5.34. The van der Waals surface area contributed by atoms with Gasteiger partial charge >= 0.3 is 10.1 Å². The van der Waals surface area contributed by atoms with Crippen LogP contribution in [0.15, 0.2) is 53.4 Å². The number of nitrogens with zero attached hydrogens (tertiary/aromatic N) is 1. The minimum atomic E-state index is -4.24. The highest BCUT2D eigenvalue weighted by atomic mass is 32.2. The van der Waals surface area contributed by atoms with Crippen molar-refractivity contribution in [2.24, 2.45) is 0 Å². The van der Waals surface area contributed by atoms with Crippen LogP contribution in [0.3, 0.4) is 0 Å². The van der Waals surface area contributed by atoms with Gasteiger partial charge in [-0.05, 0) is 77.6 Å². The van der Waals surface area contributed by atoms with Crippen LogP contribution in [0, 0.1) is 5.82 Å². The van der Waals surface area contributed by atoms with Gasteiger partial charge in [0.25, 0.3) is 0 Å². The average Bonchev–Trinajstić information content (AvgIpc) is 2.86. The van der Waals surface area contributed by atoms with E-state index in [4.69, 9.17) is 18.4 Å². The summed E-state index contributed by atoms with van der Waals surface area (Å²) in [4.78, 5) is 2.17. The summed E-state index contributed by atoms with van der Waals surface area (Å²) < 4.78 is 61.8. The van der Waals surface area contributed by atoms with Crippen molar-refractivity contribution in [2.45, 2.75) is 30.3 Å². The van der Waals surface area contributed by atoms with Gasteiger partial charge in [-0.25, -0.2) is 4.39 Å². The number of ether oxygens (including phenoxy) is 3. The molecule has 0 bridgehead atoms. The van der Waals surface area contributed by atoms with Gasteiger partial charge in [0.15, 0.2) is 23.0 Å². The highest BCUT2D eigenvalue weighted by Crippen LogP contribution is 2.45. The molecule has 0 aliphatic carbocycles. The van der Waals surface area contributed by atoms with Crippen molar-refractivity contribution >= 4 is 10.1 Å². The molecule has 0 radical (unpaired) electrons. The molecule has 6 rings (SSSR count). The molecule has 3 aliphatic rings. The molecule has 0 fully saturated rings. The Morgan fingerprint density at radius 1 is 0.971 bits per heavy atom. The summed E-state index contributed by atoms with van der Waals surface area (Å²) in [7, 11) is -2.77. The van der Waals surface area contributed by atoms with Crippen LogP contribution in [-0.2, 0) is 29.5 Å². The van der Waals surface area contributed by atoms with Gasteiger partial charge in [-0.2, -0.15) is 8.42 Å². The number of hydrogen-bond acceptors (Lipinski definition) is 7. The molecule has 3 aliphatic heterocycles. The average molecular weight is 498 g/mol. The number of methoxy groups -OCH3 is 1. The fourth-order valence-electron chi connectivity index (χ4n) is 5.14. The van der Waals surface area contributed by atoms with Crippen molar-refractivity contribution in [3.8, 4) is 23.0 Å². The van der Waals surface area contributed by atoms with Crippen molar-refractivity contribution in [2.75, 3.05) is 26.9 Å². The van der Waals surface area contributed by atoms with Crippen LogP contribution in [0.2, 0.25) is 0 Å². The highest BCUT2D eigenvalue weighted by Gasteiger charge is 2.34. The SMILES string of the molecule is COc1cc2c(cc1OS(=O)(=O)c1cccc(F)c1)CC1c3cc4c(cc3CCN1C2)OCCO4. The second-order valence-corrected chi connectivity index (χ2v) is 10.4. The first-order chi connectivity index (χ1) is 16.9. The third kappa shape index (κ3) is 3.98. The van der Waals surface area contributed by atoms with Crippen LogP contribution in [0.25, 0.3) is 0 Å². The maximum absolute atomic E-state index is 13.6. The van der Waals surface area contributed by atoms with Crippen LogP contribution >= 0.6 is 0 Å². The predicted molar refractivity (Wildman–Crippen MR) is 125 cm³/mol. The first kappa shape index (κ1) is 22.2. The summed E-state index contributed by atoms with van der Waals surface area (Å²) in [5, 5.41) is 0. The first-order valence-electron chi connectivity index (χ1n) is 11.5. The van der Waals surface area contributed by atoms with E-state index in [0.717, 1.165) is 41.7 Å². The smallest absolute Gasteiger partial charge is 0.339 e. The second kappa shape index (κ2) is 8.42. The molecule has 9 heteroatoms. The quantitative estimate of drug-likeness (QED) is 0.504. The monoisotopic (exact) mass is 497 g/mol. The van der Waals surface area contributed by atoms with Gasteiger partial charge < -0.3 is 18.4 Å². The van der Waals surface area contributed by atoms with E-state index in [9.17, 15) is 12.8 Å². The Bertz CT molecular complexity index is 1420. The Morgan fingerprint density at radius 3 is 2.51 bits per heavy atom. The Balaban J connectivity index is 1.35. The van der Waals surface area contributed by atoms with Gasteiger partial charge in [-0.1, -0.05) is 6.07 Å². The lowest BCUT2D eigenvalue weighted by atomic mass is 9.83. The molecule has 0 spiro atoms. The van der Waals surface area contributed by atoms with E-state index in [1.54, 1.807) is 6.07 Å². The summed E-state index contributed by atoms with van der Waals surface area (Å²) in [6.45, 7) is 2.70. The third-order valence-corrected chi connectivity index (χ3v) is 8.06. The lowest BCUT2D eigenvalue weighted by molar-refractivity contribution is 0.153. The van der Waals surface area contributed by atoms with Crippen LogP contribution in [0.5, 0.6) is 23.0 Å². The maximum Gasteiger partial charge on any atom is 0.339 e. The van der Waals surface area contributed by atoms with Gasteiger partial charge in [-0.15, -0.1) is 0 Å². The molecule has 35 heavy (non-hydrogen) atoms. The molecule has 0 amide bonds. The van der Waals surface area contributed by atoms with E-state index in [0.29, 0.717) is 31.9 Å². The predicted octanol–water partition coefficient (Wildman–Crippen LogP) is 4.03. The fraction of sp³-hybridized carbons (Fsp3) is 0.308. The zero-order chi connectivity index (χ0) is 24.2. The van der Waals surface area contributed by atoms with Crippen LogP contribution in [0.4, 0.5) is 4.39 Å². The normalized spacial score (nSPS) is 18.7. The van der Waals surface area contributed by atoms with Crippen molar-refractivity contribution in [3.05, 3.63) is 76.6 Å². The standard InChI is InChI=1S/C26H24FNO6S/c1-31-23-12-18-15-28-6-5-16-10-24-25(33-8-7-32-24)14-21(16)22(28)9-17(18)11-26(23)34-35(29,30)20-4-2-3-19(27)13-20/h2-4,10-14,22H,5-9,15H2,1H3. The number of benzene rings is 3. The van der Waals surface area contributed by atoms with Crippen molar-refractivity contribution in [1.29, 1.82) is 0 Å². The minimum absolute atomic E-state index is 0.0853. The first-order valence-corrected chi connectivity index (χ1v) is 12.9. The van der Waals surface area contributed by atoms with Crippen LogP contribution in [0.1, 0.15) is 28.3 Å². The van der Waals surface area contributed by atoms with E-state index in [1.165, 1.54) is 36.4 Å². The zero-order valence-electron chi connectivity index (χ0n) is 19.1. The summed E-state index contributed by atoms with van der Waals surface area (Å²) in [5.74, 6) is 1.31. The largest absolute Gasteiger partial charge is 0.493 e. The van der Waals surface area contributed by atoms with E-state index in [2.05, 4.69) is 17.0 Å². The summed E-state index contributed by atoms with van der Waals surface area (Å²) in [5.41, 5.74) is 4.50. The van der Waals surface area contributed by atoms with Crippen LogP contribution in [-0.4, -0.2) is 40.2 Å². The Morgan fingerprint density at radius 2 is 1.74 bits per heavy atom. The number of halogens is 1. The Labute approximate surface area is 203 Å². The molecule has 1 atom stereocenters. The van der Waals surface area contributed by atoms with Gasteiger partial charge in [0.2, 0.25) is 0 Å². The zero-order valence-corrected chi connectivity index (χ0v) is 19.9. The third-order valence-electron chi connectivity index (χ3n) is 6.83. The van der Waals surface area contributed by atoms with Crippen LogP contribution < -0.4 is 18.4 Å². The van der Waals surface area contributed by atoms with Gasteiger partial charge in [-0.3, -0.25) is 4.90 Å².